The van der Waals surface area contributed by atoms with Crippen molar-refractivity contribution in [3.8, 4) is 5.75 Å². The third kappa shape index (κ3) is 6.85. The first kappa shape index (κ1) is 22.3. The van der Waals surface area contributed by atoms with Crippen LogP contribution in [0.25, 0.3) is 10.8 Å². The summed E-state index contributed by atoms with van der Waals surface area (Å²) >= 11 is 0. The van der Waals surface area contributed by atoms with E-state index in [1.807, 2.05) is 42.5 Å². The first-order chi connectivity index (χ1) is 15.2. The quantitative estimate of drug-likeness (QED) is 0.352. The lowest BCUT2D eigenvalue weighted by Gasteiger charge is -2.10. The second kappa shape index (κ2) is 11.7. The van der Waals surface area contributed by atoms with E-state index in [-0.39, 0.29) is 18.2 Å². The average molecular weight is 419 g/mol. The molecule has 0 saturated carbocycles. The lowest BCUT2D eigenvalue weighted by Crippen LogP contribution is -2.42. The molecule has 0 spiro atoms. The number of carbonyl (C=O) groups is 2. The Balaban J connectivity index is 1.44. The van der Waals surface area contributed by atoms with Crippen LogP contribution in [-0.2, 0) is 11.2 Å². The molecule has 162 valence electrons. The average Bonchev–Trinajstić information content (AvgIpc) is 2.80. The van der Waals surface area contributed by atoms with Gasteiger partial charge in [-0.1, -0.05) is 75.1 Å². The van der Waals surface area contributed by atoms with Crippen molar-refractivity contribution in [2.45, 2.75) is 45.4 Å². The number of benzene rings is 3. The Morgan fingerprint density at radius 3 is 2.35 bits per heavy atom. The van der Waals surface area contributed by atoms with E-state index >= 15 is 0 Å². The molecule has 2 N–H and O–H groups in total. The number of ether oxygens (including phenoxy) is 1. The molecule has 0 aliphatic carbocycles. The van der Waals surface area contributed by atoms with Gasteiger partial charge < -0.3 is 4.74 Å². The summed E-state index contributed by atoms with van der Waals surface area (Å²) in [6.45, 7) is 2.88. The zero-order valence-corrected chi connectivity index (χ0v) is 18.0. The van der Waals surface area contributed by atoms with Gasteiger partial charge in [-0.25, -0.2) is 0 Å². The summed E-state index contributed by atoms with van der Waals surface area (Å²) in [6, 6.07) is 20.7. The minimum atomic E-state index is -0.364. The Morgan fingerprint density at radius 1 is 0.806 bits per heavy atom. The van der Waals surface area contributed by atoms with Crippen LogP contribution < -0.4 is 15.6 Å². The number of fused-ring (bicyclic) bond motifs is 1. The van der Waals surface area contributed by atoms with Crippen molar-refractivity contribution in [2.24, 2.45) is 0 Å². The molecule has 0 heterocycles. The minimum Gasteiger partial charge on any atom is -0.494 e. The van der Waals surface area contributed by atoms with Crippen molar-refractivity contribution in [2.75, 3.05) is 6.61 Å². The van der Waals surface area contributed by atoms with E-state index in [1.54, 1.807) is 24.3 Å². The van der Waals surface area contributed by atoms with Crippen LogP contribution in [0.1, 0.15) is 54.9 Å². The largest absolute Gasteiger partial charge is 0.494 e. The van der Waals surface area contributed by atoms with E-state index in [0.29, 0.717) is 12.2 Å². The highest BCUT2D eigenvalue weighted by Crippen LogP contribution is 2.19. The number of hydrazine groups is 1. The van der Waals surface area contributed by atoms with Gasteiger partial charge in [0.25, 0.3) is 5.91 Å². The van der Waals surface area contributed by atoms with E-state index < -0.39 is 0 Å². The van der Waals surface area contributed by atoms with Gasteiger partial charge in [-0.05, 0) is 47.0 Å². The first-order valence-electron chi connectivity index (χ1n) is 11.0. The van der Waals surface area contributed by atoms with E-state index in [9.17, 15) is 9.59 Å². The third-order valence-corrected chi connectivity index (χ3v) is 5.18. The van der Waals surface area contributed by atoms with Crippen molar-refractivity contribution in [1.29, 1.82) is 0 Å². The Kier molecular flexibility index (Phi) is 8.47. The van der Waals surface area contributed by atoms with E-state index in [4.69, 9.17) is 4.74 Å². The second-order valence-electron chi connectivity index (χ2n) is 7.60. The van der Waals surface area contributed by atoms with Crippen molar-refractivity contribution in [3.63, 3.8) is 0 Å². The first-order valence-corrected chi connectivity index (χ1v) is 11.0. The van der Waals surface area contributed by atoms with Gasteiger partial charge in [0.1, 0.15) is 5.75 Å². The molecule has 3 rings (SSSR count). The molecule has 31 heavy (non-hydrogen) atoms. The zero-order valence-electron chi connectivity index (χ0n) is 18.0. The van der Waals surface area contributed by atoms with E-state index in [1.165, 1.54) is 25.7 Å². The summed E-state index contributed by atoms with van der Waals surface area (Å²) in [7, 11) is 0. The molecule has 0 bridgehead atoms. The molecule has 3 aromatic rings. The molecule has 0 unspecified atom stereocenters. The summed E-state index contributed by atoms with van der Waals surface area (Å²) in [5, 5.41) is 2.12. The molecule has 0 fully saturated rings. The van der Waals surface area contributed by atoms with Crippen molar-refractivity contribution < 1.29 is 14.3 Å². The normalized spacial score (nSPS) is 10.6. The summed E-state index contributed by atoms with van der Waals surface area (Å²) in [4.78, 5) is 24.6. The number of hydrogen-bond donors (Lipinski definition) is 2. The fraction of sp³-hybridized carbons (Fsp3) is 0.308. The molecule has 2 amide bonds. The maximum atomic E-state index is 12.3. The molecule has 0 aliphatic rings. The number of amides is 2. The van der Waals surface area contributed by atoms with Crippen LogP contribution in [0.3, 0.4) is 0 Å². The Labute approximate surface area is 183 Å². The molecule has 3 aromatic carbocycles. The predicted octanol–water partition coefficient (Wildman–Crippen LogP) is 5.19. The van der Waals surface area contributed by atoms with Crippen LogP contribution in [0.15, 0.2) is 66.7 Å². The fourth-order valence-corrected chi connectivity index (χ4v) is 3.46. The molecule has 0 radical (unpaired) electrons. The van der Waals surface area contributed by atoms with Crippen LogP contribution in [0.5, 0.6) is 5.75 Å². The topological polar surface area (TPSA) is 67.4 Å². The molecule has 0 aromatic heterocycles. The van der Waals surface area contributed by atoms with Gasteiger partial charge in [-0.3, -0.25) is 20.4 Å². The predicted molar refractivity (Wildman–Crippen MR) is 124 cm³/mol. The van der Waals surface area contributed by atoms with Crippen LogP contribution in [-0.4, -0.2) is 18.4 Å². The highest BCUT2D eigenvalue weighted by molar-refractivity contribution is 5.96. The standard InChI is InChI=1S/C26H30N2O3/c1-2-3-4-5-8-18-31-23-16-14-21(15-17-23)26(30)28-27-25(29)19-22-12-9-11-20-10-6-7-13-24(20)22/h6-7,9-17H,2-5,8,18-19H2,1H3,(H,27,29)(H,28,30). The van der Waals surface area contributed by atoms with Gasteiger partial charge >= 0.3 is 0 Å². The van der Waals surface area contributed by atoms with Crippen molar-refractivity contribution in [3.05, 3.63) is 77.9 Å². The molecular weight excluding hydrogens is 388 g/mol. The summed E-state index contributed by atoms with van der Waals surface area (Å²) in [6.07, 6.45) is 6.13. The second-order valence-corrected chi connectivity index (χ2v) is 7.60. The van der Waals surface area contributed by atoms with Crippen molar-refractivity contribution in [1.82, 2.24) is 10.9 Å². The smallest absolute Gasteiger partial charge is 0.269 e. The number of nitrogens with one attached hydrogen (secondary N) is 2. The lowest BCUT2D eigenvalue weighted by atomic mass is 10.0. The number of hydrogen-bond acceptors (Lipinski definition) is 3. The van der Waals surface area contributed by atoms with Crippen LogP contribution >= 0.6 is 0 Å². The molecule has 0 atom stereocenters. The highest BCUT2D eigenvalue weighted by Gasteiger charge is 2.10. The molecule has 0 aliphatic heterocycles. The van der Waals surface area contributed by atoms with E-state index in [0.717, 1.165) is 28.5 Å². The van der Waals surface area contributed by atoms with E-state index in [2.05, 4.69) is 17.8 Å². The van der Waals surface area contributed by atoms with Crippen LogP contribution in [0, 0.1) is 0 Å². The minimum absolute atomic E-state index is 0.187. The molecule has 5 nitrogen and oxygen atoms in total. The molecular formula is C26H30N2O3. The zero-order chi connectivity index (χ0) is 21.9. The Bertz CT molecular complexity index is 994. The number of unbranched alkanes of at least 4 members (excludes halogenated alkanes) is 4. The fourth-order valence-electron chi connectivity index (χ4n) is 3.46. The lowest BCUT2D eigenvalue weighted by molar-refractivity contribution is -0.121. The van der Waals surface area contributed by atoms with Crippen LogP contribution in [0.4, 0.5) is 0 Å². The maximum Gasteiger partial charge on any atom is 0.269 e. The van der Waals surface area contributed by atoms with Gasteiger partial charge in [0.2, 0.25) is 5.91 Å². The molecule has 5 heteroatoms. The monoisotopic (exact) mass is 418 g/mol. The Hall–Kier alpha value is -3.34. The number of rotatable bonds is 10. The highest BCUT2D eigenvalue weighted by atomic mass is 16.5. The van der Waals surface area contributed by atoms with Crippen molar-refractivity contribution >= 4 is 22.6 Å². The van der Waals surface area contributed by atoms with Gasteiger partial charge in [0.05, 0.1) is 13.0 Å². The third-order valence-electron chi connectivity index (χ3n) is 5.18. The van der Waals surface area contributed by atoms with Gasteiger partial charge in [0, 0.05) is 5.56 Å². The summed E-state index contributed by atoms with van der Waals surface area (Å²) < 4.78 is 5.72. The molecule has 0 saturated heterocycles. The van der Waals surface area contributed by atoms with Gasteiger partial charge in [-0.15, -0.1) is 0 Å². The Morgan fingerprint density at radius 2 is 1.55 bits per heavy atom. The maximum absolute atomic E-state index is 12.3. The number of carbonyl (C=O) groups excluding carboxylic acids is 2. The summed E-state index contributed by atoms with van der Waals surface area (Å²) in [5.74, 6) is 0.108. The summed E-state index contributed by atoms with van der Waals surface area (Å²) in [5.41, 5.74) is 6.35. The van der Waals surface area contributed by atoms with Gasteiger partial charge in [0.15, 0.2) is 0 Å². The SMILES string of the molecule is CCCCCCCOc1ccc(C(=O)NNC(=O)Cc2cccc3ccccc23)cc1. The van der Waals surface area contributed by atoms with Crippen LogP contribution in [0.2, 0.25) is 0 Å². The van der Waals surface area contributed by atoms with Gasteiger partial charge in [-0.2, -0.15) is 0 Å².